The number of unbranched alkanes of at least 4 members (excludes halogenated alkanes) is 3. The molecule has 2 aliphatic carbocycles. The number of rotatable bonds is 7. The molecule has 20 heavy (non-hydrogen) atoms. The second-order valence-electron chi connectivity index (χ2n) is 6.62. The summed E-state index contributed by atoms with van der Waals surface area (Å²) in [6.45, 7) is 3.73. The molecule has 2 atom stereocenters. The first-order chi connectivity index (χ1) is 9.81. The van der Waals surface area contributed by atoms with E-state index in [0.29, 0.717) is 5.78 Å². The first-order valence-corrected chi connectivity index (χ1v) is 8.65. The Kier molecular flexibility index (Phi) is 6.56. The van der Waals surface area contributed by atoms with Crippen molar-refractivity contribution in [1.82, 2.24) is 0 Å². The van der Waals surface area contributed by atoms with Crippen LogP contribution in [0, 0.1) is 11.8 Å². The van der Waals surface area contributed by atoms with Gasteiger partial charge in [-0.2, -0.15) is 0 Å². The number of ketones is 1. The summed E-state index contributed by atoms with van der Waals surface area (Å²) in [4.78, 5) is 12.1. The molecule has 112 valence electrons. The average molecular weight is 274 g/mol. The van der Waals surface area contributed by atoms with Crippen LogP contribution in [0.2, 0.25) is 0 Å². The minimum Gasteiger partial charge on any atom is -0.295 e. The van der Waals surface area contributed by atoms with Crippen molar-refractivity contribution in [3.05, 3.63) is 24.3 Å². The Labute approximate surface area is 124 Å². The number of hydrogen-bond acceptors (Lipinski definition) is 1. The van der Waals surface area contributed by atoms with Gasteiger partial charge >= 0.3 is 0 Å². The maximum Gasteiger partial charge on any atom is 0.155 e. The van der Waals surface area contributed by atoms with Gasteiger partial charge in [-0.05, 0) is 69.3 Å². The van der Waals surface area contributed by atoms with Crippen molar-refractivity contribution >= 4 is 5.78 Å². The van der Waals surface area contributed by atoms with Crippen LogP contribution in [0.25, 0.3) is 0 Å². The van der Waals surface area contributed by atoms with Gasteiger partial charge in [-0.25, -0.2) is 0 Å². The van der Waals surface area contributed by atoms with Crippen molar-refractivity contribution in [1.29, 1.82) is 0 Å². The van der Waals surface area contributed by atoms with Crippen molar-refractivity contribution in [3.8, 4) is 0 Å². The van der Waals surface area contributed by atoms with Gasteiger partial charge in [-0.15, -0.1) is 6.58 Å². The Bertz CT molecular complexity index is 351. The molecule has 2 rings (SSSR count). The van der Waals surface area contributed by atoms with Crippen LogP contribution in [0.5, 0.6) is 0 Å². The molecule has 0 aromatic heterocycles. The molecule has 0 spiro atoms. The van der Waals surface area contributed by atoms with Crippen LogP contribution in [0.1, 0.15) is 77.0 Å². The highest BCUT2D eigenvalue weighted by molar-refractivity contribution is 5.90. The number of fused-ring (bicyclic) bond motifs is 1. The van der Waals surface area contributed by atoms with Gasteiger partial charge in [-0.1, -0.05) is 30.9 Å². The van der Waals surface area contributed by atoms with E-state index in [-0.39, 0.29) is 0 Å². The van der Waals surface area contributed by atoms with Gasteiger partial charge in [0.15, 0.2) is 5.78 Å². The maximum atomic E-state index is 12.1. The molecule has 0 saturated heterocycles. The van der Waals surface area contributed by atoms with E-state index in [1.807, 2.05) is 12.2 Å². The van der Waals surface area contributed by atoms with E-state index in [9.17, 15) is 4.79 Å². The summed E-state index contributed by atoms with van der Waals surface area (Å²) in [5.41, 5.74) is 1.50. The van der Waals surface area contributed by atoms with Crippen LogP contribution in [0.4, 0.5) is 0 Å². The van der Waals surface area contributed by atoms with Crippen LogP contribution in [-0.4, -0.2) is 5.78 Å². The molecule has 0 heterocycles. The van der Waals surface area contributed by atoms with Crippen molar-refractivity contribution in [3.63, 3.8) is 0 Å². The van der Waals surface area contributed by atoms with Gasteiger partial charge < -0.3 is 0 Å². The van der Waals surface area contributed by atoms with Gasteiger partial charge in [0.2, 0.25) is 0 Å². The fourth-order valence-electron chi connectivity index (χ4n) is 4.02. The summed E-state index contributed by atoms with van der Waals surface area (Å²) in [7, 11) is 0. The number of carbonyl (C=O) groups is 1. The minimum absolute atomic E-state index is 0.379. The minimum atomic E-state index is 0.379. The maximum absolute atomic E-state index is 12.1. The molecule has 1 nitrogen and oxygen atoms in total. The van der Waals surface area contributed by atoms with E-state index in [1.54, 1.807) is 0 Å². The van der Waals surface area contributed by atoms with E-state index in [1.165, 1.54) is 56.9 Å². The van der Waals surface area contributed by atoms with Crippen LogP contribution in [0.15, 0.2) is 24.3 Å². The highest BCUT2D eigenvalue weighted by Gasteiger charge is 2.30. The third-order valence-corrected chi connectivity index (χ3v) is 5.10. The monoisotopic (exact) mass is 274 g/mol. The zero-order valence-electron chi connectivity index (χ0n) is 12.9. The van der Waals surface area contributed by atoms with Crippen LogP contribution in [-0.2, 0) is 4.79 Å². The summed E-state index contributed by atoms with van der Waals surface area (Å²) in [6.07, 6.45) is 18.6. The molecule has 2 unspecified atom stereocenters. The molecular weight excluding hydrogens is 244 g/mol. The Morgan fingerprint density at radius 2 is 1.90 bits per heavy atom. The lowest BCUT2D eigenvalue weighted by atomic mass is 9.68. The normalized spacial score (nSPS) is 28.1. The molecule has 0 aromatic rings. The Balaban J connectivity index is 1.79. The van der Waals surface area contributed by atoms with E-state index in [0.717, 1.165) is 37.5 Å². The fraction of sp³-hybridized carbons (Fsp3) is 0.737. The predicted octanol–water partition coefficient (Wildman–Crippen LogP) is 5.61. The van der Waals surface area contributed by atoms with Crippen LogP contribution < -0.4 is 0 Å². The van der Waals surface area contributed by atoms with E-state index < -0.39 is 0 Å². The number of allylic oxidation sites excluding steroid dienone is 3. The SMILES string of the molecule is C=CCCCCCC(=O)C=C1CCCC2CCCCC12. The lowest BCUT2D eigenvalue weighted by Gasteiger charge is -2.37. The van der Waals surface area contributed by atoms with Gasteiger partial charge in [-0.3, -0.25) is 4.79 Å². The average Bonchev–Trinajstić information content (AvgIpc) is 2.47. The molecule has 0 aromatic carbocycles. The van der Waals surface area contributed by atoms with Gasteiger partial charge in [0.05, 0.1) is 0 Å². The second-order valence-corrected chi connectivity index (χ2v) is 6.62. The van der Waals surface area contributed by atoms with Gasteiger partial charge in [0, 0.05) is 6.42 Å². The zero-order valence-corrected chi connectivity index (χ0v) is 12.9. The molecule has 0 N–H and O–H groups in total. The molecule has 0 radical (unpaired) electrons. The van der Waals surface area contributed by atoms with Crippen LogP contribution >= 0.6 is 0 Å². The Morgan fingerprint density at radius 1 is 1.10 bits per heavy atom. The summed E-state index contributed by atoms with van der Waals surface area (Å²) in [5.74, 6) is 2.02. The molecule has 0 aliphatic heterocycles. The molecule has 2 aliphatic rings. The van der Waals surface area contributed by atoms with Crippen molar-refractivity contribution < 1.29 is 4.79 Å². The highest BCUT2D eigenvalue weighted by Crippen LogP contribution is 2.43. The first kappa shape index (κ1) is 15.5. The van der Waals surface area contributed by atoms with Crippen LogP contribution in [0.3, 0.4) is 0 Å². The standard InChI is InChI=1S/C19H30O/c1-2-3-4-5-6-13-18(20)15-17-12-9-11-16-10-7-8-14-19(16)17/h2,15-16,19H,1,3-14H2. The summed E-state index contributed by atoms with van der Waals surface area (Å²) < 4.78 is 0. The highest BCUT2D eigenvalue weighted by atomic mass is 16.1. The van der Waals surface area contributed by atoms with Crippen molar-refractivity contribution in [2.45, 2.75) is 77.0 Å². The number of hydrogen-bond donors (Lipinski definition) is 0. The summed E-state index contributed by atoms with van der Waals surface area (Å²) >= 11 is 0. The van der Waals surface area contributed by atoms with Gasteiger partial charge in [0.25, 0.3) is 0 Å². The Hall–Kier alpha value is -0.850. The van der Waals surface area contributed by atoms with E-state index in [4.69, 9.17) is 0 Å². The molecule has 1 heteroatoms. The largest absolute Gasteiger partial charge is 0.295 e. The quantitative estimate of drug-likeness (QED) is 0.335. The first-order valence-electron chi connectivity index (χ1n) is 8.65. The third-order valence-electron chi connectivity index (χ3n) is 5.10. The molecular formula is C19H30O. The molecule has 2 fully saturated rings. The van der Waals surface area contributed by atoms with Crippen molar-refractivity contribution in [2.75, 3.05) is 0 Å². The lowest BCUT2D eigenvalue weighted by molar-refractivity contribution is -0.114. The Morgan fingerprint density at radius 3 is 2.75 bits per heavy atom. The zero-order chi connectivity index (χ0) is 14.2. The summed E-state index contributed by atoms with van der Waals surface area (Å²) in [6, 6.07) is 0. The van der Waals surface area contributed by atoms with Gasteiger partial charge in [0.1, 0.15) is 0 Å². The number of carbonyl (C=O) groups excluding carboxylic acids is 1. The molecule has 0 amide bonds. The topological polar surface area (TPSA) is 17.1 Å². The smallest absolute Gasteiger partial charge is 0.155 e. The van der Waals surface area contributed by atoms with Crippen molar-refractivity contribution in [2.24, 2.45) is 11.8 Å². The molecule has 0 bridgehead atoms. The van der Waals surface area contributed by atoms with E-state index >= 15 is 0 Å². The predicted molar refractivity (Wildman–Crippen MR) is 85.7 cm³/mol. The fourth-order valence-corrected chi connectivity index (χ4v) is 4.02. The second kappa shape index (κ2) is 8.44. The third kappa shape index (κ3) is 4.61. The van der Waals surface area contributed by atoms with E-state index in [2.05, 4.69) is 6.58 Å². The molecule has 2 saturated carbocycles. The lowest BCUT2D eigenvalue weighted by Crippen LogP contribution is -2.25. The summed E-state index contributed by atoms with van der Waals surface area (Å²) in [5, 5.41) is 0.